The second-order valence-corrected chi connectivity index (χ2v) is 9.48. The number of amides is 2. The van der Waals surface area contributed by atoms with Crippen molar-refractivity contribution in [2.24, 2.45) is 5.92 Å². The zero-order valence-electron chi connectivity index (χ0n) is 19.9. The fourth-order valence-corrected chi connectivity index (χ4v) is 5.19. The summed E-state index contributed by atoms with van der Waals surface area (Å²) in [7, 11) is 0. The minimum absolute atomic E-state index is 0.0919. The molecular formula is C24H34N6O2S. The normalized spacial score (nSPS) is 16.2. The molecule has 1 aliphatic carbocycles. The summed E-state index contributed by atoms with van der Waals surface area (Å²) >= 11 is 1.44. The number of aromatic nitrogens is 3. The van der Waals surface area contributed by atoms with Gasteiger partial charge in [-0.2, -0.15) is 0 Å². The summed E-state index contributed by atoms with van der Waals surface area (Å²) in [5, 5.41) is 9.56. The maximum Gasteiger partial charge on any atom is 0.233 e. The molecule has 2 aliphatic rings. The van der Waals surface area contributed by atoms with Crippen LogP contribution in [0.15, 0.2) is 29.4 Å². The summed E-state index contributed by atoms with van der Waals surface area (Å²) in [5.74, 6) is 1.76. The molecule has 1 aromatic carbocycles. The summed E-state index contributed by atoms with van der Waals surface area (Å²) in [6.45, 7) is 11.6. The van der Waals surface area contributed by atoms with Crippen molar-refractivity contribution in [1.29, 1.82) is 0 Å². The van der Waals surface area contributed by atoms with E-state index in [1.165, 1.54) is 17.4 Å². The monoisotopic (exact) mass is 470 g/mol. The van der Waals surface area contributed by atoms with E-state index < -0.39 is 0 Å². The lowest BCUT2D eigenvalue weighted by molar-refractivity contribution is -0.139. The third kappa shape index (κ3) is 5.34. The SMILES string of the molecule is CCN(CC)c1ccc(-c2nnc(SCC(=O)N3CCN(C(=O)C4CC4)CC3)n2CC)cc1. The molecule has 0 bridgehead atoms. The average molecular weight is 471 g/mol. The van der Waals surface area contributed by atoms with Crippen molar-refractivity contribution in [1.82, 2.24) is 24.6 Å². The largest absolute Gasteiger partial charge is 0.372 e. The van der Waals surface area contributed by atoms with E-state index in [4.69, 9.17) is 0 Å². The number of benzene rings is 1. The highest BCUT2D eigenvalue weighted by atomic mass is 32.2. The Morgan fingerprint density at radius 2 is 1.61 bits per heavy atom. The van der Waals surface area contributed by atoms with Gasteiger partial charge in [0.25, 0.3) is 0 Å². The molecule has 0 N–H and O–H groups in total. The summed E-state index contributed by atoms with van der Waals surface area (Å²) in [5.41, 5.74) is 2.22. The fourth-order valence-electron chi connectivity index (χ4n) is 4.29. The first-order chi connectivity index (χ1) is 16.0. The molecule has 2 fully saturated rings. The first-order valence-electron chi connectivity index (χ1n) is 12.0. The maximum absolute atomic E-state index is 12.8. The van der Waals surface area contributed by atoms with Crippen LogP contribution in [-0.2, 0) is 16.1 Å². The molecule has 0 unspecified atom stereocenters. The lowest BCUT2D eigenvalue weighted by Gasteiger charge is -2.34. The summed E-state index contributed by atoms with van der Waals surface area (Å²) in [4.78, 5) is 31.1. The Labute approximate surface area is 200 Å². The number of rotatable bonds is 9. The minimum Gasteiger partial charge on any atom is -0.372 e. The molecule has 8 nitrogen and oxygen atoms in total. The number of anilines is 1. The lowest BCUT2D eigenvalue weighted by Crippen LogP contribution is -2.51. The summed E-state index contributed by atoms with van der Waals surface area (Å²) in [6.07, 6.45) is 2.05. The van der Waals surface area contributed by atoms with Crippen LogP contribution in [0.4, 0.5) is 5.69 Å². The first-order valence-corrected chi connectivity index (χ1v) is 13.0. The molecule has 9 heteroatoms. The van der Waals surface area contributed by atoms with E-state index in [2.05, 4.69) is 64.7 Å². The quantitative estimate of drug-likeness (QED) is 0.525. The van der Waals surface area contributed by atoms with Crippen molar-refractivity contribution < 1.29 is 9.59 Å². The minimum atomic E-state index is 0.0919. The van der Waals surface area contributed by atoms with E-state index >= 15 is 0 Å². The second-order valence-electron chi connectivity index (χ2n) is 8.54. The van der Waals surface area contributed by atoms with Crippen molar-refractivity contribution in [3.05, 3.63) is 24.3 Å². The van der Waals surface area contributed by atoms with Gasteiger partial charge in [-0.25, -0.2) is 0 Å². The number of nitrogens with zero attached hydrogens (tertiary/aromatic N) is 6. The Morgan fingerprint density at radius 3 is 2.18 bits per heavy atom. The van der Waals surface area contributed by atoms with Crippen LogP contribution in [0, 0.1) is 5.92 Å². The topological polar surface area (TPSA) is 74.6 Å². The molecule has 2 amide bonds. The zero-order valence-corrected chi connectivity index (χ0v) is 20.7. The van der Waals surface area contributed by atoms with Crippen LogP contribution >= 0.6 is 11.8 Å². The Hall–Kier alpha value is -2.55. The standard InChI is InChI=1S/C24H34N6O2S/c1-4-27(5-2)20-11-9-18(10-12-20)22-25-26-24(30(22)6-3)33-17-21(31)28-13-15-29(16-14-28)23(32)19-7-8-19/h9-12,19H,4-8,13-17H2,1-3H3. The van der Waals surface area contributed by atoms with Crippen molar-refractivity contribution in [3.63, 3.8) is 0 Å². The maximum atomic E-state index is 12.8. The van der Waals surface area contributed by atoms with E-state index in [1.54, 1.807) is 0 Å². The molecule has 1 saturated heterocycles. The number of carbonyl (C=O) groups is 2. The molecule has 2 aromatic rings. The summed E-state index contributed by atoms with van der Waals surface area (Å²) in [6, 6.07) is 8.43. The third-order valence-corrected chi connectivity index (χ3v) is 7.43. The molecule has 0 atom stereocenters. The molecule has 0 spiro atoms. The van der Waals surface area contributed by atoms with Gasteiger partial charge in [0.05, 0.1) is 5.75 Å². The molecule has 1 aromatic heterocycles. The number of piperazine rings is 1. The van der Waals surface area contributed by atoms with Crippen LogP contribution in [0.2, 0.25) is 0 Å². The highest BCUT2D eigenvalue weighted by Gasteiger charge is 2.35. The lowest BCUT2D eigenvalue weighted by atomic mass is 10.2. The van der Waals surface area contributed by atoms with Crippen LogP contribution in [-0.4, -0.2) is 81.4 Å². The first kappa shape index (κ1) is 23.6. The predicted octanol–water partition coefficient (Wildman–Crippen LogP) is 2.98. The van der Waals surface area contributed by atoms with Crippen molar-refractivity contribution in [3.8, 4) is 11.4 Å². The van der Waals surface area contributed by atoms with Crippen molar-refractivity contribution in [2.45, 2.75) is 45.3 Å². The predicted molar refractivity (Wildman–Crippen MR) is 131 cm³/mol. The average Bonchev–Trinajstić information content (AvgIpc) is 3.63. The van der Waals surface area contributed by atoms with Gasteiger partial charge in [-0.05, 0) is 57.9 Å². The molecule has 1 aliphatic heterocycles. The van der Waals surface area contributed by atoms with E-state index in [-0.39, 0.29) is 17.7 Å². The summed E-state index contributed by atoms with van der Waals surface area (Å²) < 4.78 is 2.07. The molecule has 2 heterocycles. The molecule has 4 rings (SSSR count). The molecule has 178 valence electrons. The third-order valence-electron chi connectivity index (χ3n) is 6.48. The van der Waals surface area contributed by atoms with Crippen molar-refractivity contribution >= 4 is 29.3 Å². The zero-order chi connectivity index (χ0) is 23.4. The Kier molecular flexibility index (Phi) is 7.57. The van der Waals surface area contributed by atoms with Crippen LogP contribution in [0.3, 0.4) is 0 Å². The Morgan fingerprint density at radius 1 is 0.970 bits per heavy atom. The van der Waals surface area contributed by atoms with E-state index in [0.29, 0.717) is 31.9 Å². The van der Waals surface area contributed by atoms with Gasteiger partial charge in [0, 0.05) is 63.0 Å². The molecule has 0 radical (unpaired) electrons. The van der Waals surface area contributed by atoms with E-state index in [9.17, 15) is 9.59 Å². The fraction of sp³-hybridized carbons (Fsp3) is 0.583. The Bertz CT molecular complexity index is 960. The second kappa shape index (κ2) is 10.6. The van der Waals surface area contributed by atoms with Crippen LogP contribution < -0.4 is 4.90 Å². The van der Waals surface area contributed by atoms with Gasteiger partial charge in [0.1, 0.15) is 0 Å². The van der Waals surface area contributed by atoms with Gasteiger partial charge in [-0.1, -0.05) is 11.8 Å². The van der Waals surface area contributed by atoms with Gasteiger partial charge in [0.2, 0.25) is 11.8 Å². The van der Waals surface area contributed by atoms with E-state index in [1.807, 2.05) is 9.80 Å². The van der Waals surface area contributed by atoms with Gasteiger partial charge >= 0.3 is 0 Å². The number of hydrogen-bond donors (Lipinski definition) is 0. The number of hydrogen-bond acceptors (Lipinski definition) is 6. The van der Waals surface area contributed by atoms with Gasteiger partial charge in [0.15, 0.2) is 11.0 Å². The highest BCUT2D eigenvalue weighted by Crippen LogP contribution is 2.31. The van der Waals surface area contributed by atoms with Gasteiger partial charge in [-0.3, -0.25) is 9.59 Å². The molecular weight excluding hydrogens is 436 g/mol. The van der Waals surface area contributed by atoms with Crippen LogP contribution in [0.25, 0.3) is 11.4 Å². The van der Waals surface area contributed by atoms with Gasteiger partial charge in [-0.15, -0.1) is 10.2 Å². The van der Waals surface area contributed by atoms with Crippen LogP contribution in [0.5, 0.6) is 0 Å². The number of thioether (sulfide) groups is 1. The molecule has 1 saturated carbocycles. The van der Waals surface area contributed by atoms with Crippen molar-refractivity contribution in [2.75, 3.05) is 49.9 Å². The van der Waals surface area contributed by atoms with Crippen LogP contribution in [0.1, 0.15) is 33.6 Å². The molecule has 33 heavy (non-hydrogen) atoms. The Balaban J connectivity index is 1.34. The van der Waals surface area contributed by atoms with Gasteiger partial charge < -0.3 is 19.3 Å². The smallest absolute Gasteiger partial charge is 0.233 e. The highest BCUT2D eigenvalue weighted by molar-refractivity contribution is 7.99. The van der Waals surface area contributed by atoms with E-state index in [0.717, 1.165) is 49.0 Å². The number of carbonyl (C=O) groups excluding carboxylic acids is 2.